The maximum absolute atomic E-state index is 13.3. The third-order valence-electron chi connectivity index (χ3n) is 5.31. The molecule has 3 heterocycles. The van der Waals surface area contributed by atoms with Gasteiger partial charge in [-0.3, -0.25) is 0 Å². The number of rotatable bonds is 6. The van der Waals surface area contributed by atoms with Crippen LogP contribution in [0.4, 0.5) is 19.0 Å². The lowest BCUT2D eigenvalue weighted by molar-refractivity contribution is -0.141. The first-order chi connectivity index (χ1) is 15.6. The van der Waals surface area contributed by atoms with E-state index in [9.17, 15) is 21.6 Å². The molecule has 13 heteroatoms. The Morgan fingerprint density at radius 2 is 1.88 bits per heavy atom. The molecule has 2 aromatic heterocycles. The molecule has 3 aromatic rings. The van der Waals surface area contributed by atoms with E-state index in [0.29, 0.717) is 0 Å². The van der Waals surface area contributed by atoms with Gasteiger partial charge in [0.2, 0.25) is 0 Å². The van der Waals surface area contributed by atoms with Gasteiger partial charge in [-0.05, 0) is 11.8 Å². The number of aromatic nitrogens is 4. The van der Waals surface area contributed by atoms with Crippen LogP contribution >= 0.6 is 11.8 Å². The van der Waals surface area contributed by atoms with Crippen molar-refractivity contribution in [1.29, 1.82) is 0 Å². The highest BCUT2D eigenvalue weighted by molar-refractivity contribution is 7.98. The van der Waals surface area contributed by atoms with E-state index in [1.165, 1.54) is 21.4 Å². The second-order valence-corrected chi connectivity index (χ2v) is 10.2. The van der Waals surface area contributed by atoms with Gasteiger partial charge in [-0.15, -0.1) is 0 Å². The summed E-state index contributed by atoms with van der Waals surface area (Å²) in [5.74, 6) is -0.323. The number of nitrogens with zero attached hydrogens (tertiary/aromatic N) is 5. The van der Waals surface area contributed by atoms with Crippen LogP contribution in [0.2, 0.25) is 0 Å². The molecule has 0 spiro atoms. The maximum atomic E-state index is 13.3. The molecule has 0 amide bonds. The summed E-state index contributed by atoms with van der Waals surface area (Å²) in [6.45, 7) is 0.186. The number of sulfonamides is 1. The van der Waals surface area contributed by atoms with Crippen LogP contribution in [-0.2, 0) is 23.2 Å². The first-order valence-corrected chi connectivity index (χ1v) is 12.5. The molecule has 1 N–H and O–H groups in total. The Balaban J connectivity index is 1.68. The van der Waals surface area contributed by atoms with Gasteiger partial charge in [-0.2, -0.15) is 17.5 Å². The summed E-state index contributed by atoms with van der Waals surface area (Å²) in [6, 6.07) is 9.57. The molecule has 0 bridgehead atoms. The molecular weight excluding hydrogens is 477 g/mol. The van der Waals surface area contributed by atoms with E-state index >= 15 is 0 Å². The number of alkyl halides is 3. The number of halogens is 3. The highest BCUT2D eigenvalue weighted by atomic mass is 32.2. The molecule has 1 aliphatic rings. The van der Waals surface area contributed by atoms with Crippen LogP contribution in [0.3, 0.4) is 0 Å². The molecule has 8 nitrogen and oxygen atoms in total. The molecule has 1 saturated heterocycles. The summed E-state index contributed by atoms with van der Waals surface area (Å²) in [6.07, 6.45) is -0.231. The zero-order chi connectivity index (χ0) is 23.8. The number of thioether (sulfide) groups is 1. The molecule has 0 unspecified atom stereocenters. The van der Waals surface area contributed by atoms with Crippen LogP contribution in [0, 0.1) is 0 Å². The van der Waals surface area contributed by atoms with Crippen LogP contribution in [-0.4, -0.2) is 57.6 Å². The van der Waals surface area contributed by atoms with Crippen LogP contribution in [0.1, 0.15) is 17.2 Å². The van der Waals surface area contributed by atoms with Gasteiger partial charge >= 0.3 is 6.18 Å². The molecule has 0 saturated carbocycles. The minimum Gasteiger partial charge on any atom is -0.365 e. The van der Waals surface area contributed by atoms with E-state index < -0.39 is 27.9 Å². The maximum Gasteiger partial charge on any atom is 0.433 e. The lowest BCUT2D eigenvalue weighted by atomic mass is 9.94. The summed E-state index contributed by atoms with van der Waals surface area (Å²) < 4.78 is 69.1. The van der Waals surface area contributed by atoms with Crippen molar-refractivity contribution in [3.63, 3.8) is 0 Å². The largest absolute Gasteiger partial charge is 0.433 e. The van der Waals surface area contributed by atoms with Crippen molar-refractivity contribution in [3.05, 3.63) is 60.2 Å². The first kappa shape index (κ1) is 23.5. The predicted molar refractivity (Wildman–Crippen MR) is 117 cm³/mol. The number of imidazole rings is 1. The van der Waals surface area contributed by atoms with Crippen molar-refractivity contribution in [2.45, 2.75) is 28.3 Å². The van der Waals surface area contributed by atoms with Crippen LogP contribution in [0.25, 0.3) is 0 Å². The molecule has 1 fully saturated rings. The zero-order valence-corrected chi connectivity index (χ0v) is 19.3. The highest BCUT2D eigenvalue weighted by Gasteiger charge is 2.41. The number of aryl methyl sites for hydroxylation is 1. The Hall–Kier alpha value is -2.64. The lowest BCUT2D eigenvalue weighted by Crippen LogP contribution is -2.32. The minimum absolute atomic E-state index is 0.00955. The Morgan fingerprint density at radius 3 is 2.48 bits per heavy atom. The second-order valence-electron chi connectivity index (χ2n) is 7.59. The topological polar surface area (TPSA) is 93.0 Å². The van der Waals surface area contributed by atoms with Gasteiger partial charge in [-0.1, -0.05) is 42.1 Å². The summed E-state index contributed by atoms with van der Waals surface area (Å²) in [5.41, 5.74) is -0.194. The van der Waals surface area contributed by atoms with Gasteiger partial charge in [0.05, 0.1) is 6.33 Å². The van der Waals surface area contributed by atoms with E-state index in [4.69, 9.17) is 0 Å². The fraction of sp³-hybridized carbons (Fsp3) is 0.350. The van der Waals surface area contributed by atoms with Crippen molar-refractivity contribution in [3.8, 4) is 0 Å². The SMILES string of the molecule is CSc1nc(N[C@H]2CN(S(=O)(=O)c3cn(C)cn3)C[C@@H]2c2ccccc2)cc(C(F)(F)F)n1. The fourth-order valence-electron chi connectivity index (χ4n) is 3.73. The van der Waals surface area contributed by atoms with Gasteiger partial charge in [-0.25, -0.2) is 23.4 Å². The van der Waals surface area contributed by atoms with Crippen LogP contribution in [0.15, 0.2) is 59.1 Å². The van der Waals surface area contributed by atoms with Crippen molar-refractivity contribution in [2.75, 3.05) is 24.7 Å². The molecule has 1 aromatic carbocycles. The predicted octanol–water partition coefficient (Wildman–Crippen LogP) is 3.22. The van der Waals surface area contributed by atoms with Gasteiger partial charge in [0.15, 0.2) is 15.9 Å². The summed E-state index contributed by atoms with van der Waals surface area (Å²) in [4.78, 5) is 11.7. The monoisotopic (exact) mass is 498 g/mol. The van der Waals surface area contributed by atoms with E-state index in [1.807, 2.05) is 30.3 Å². The van der Waals surface area contributed by atoms with Crippen molar-refractivity contribution >= 4 is 27.6 Å². The van der Waals surface area contributed by atoms with Crippen LogP contribution < -0.4 is 5.32 Å². The first-order valence-electron chi connectivity index (χ1n) is 9.88. The third-order valence-corrected chi connectivity index (χ3v) is 7.58. The second kappa shape index (κ2) is 8.95. The zero-order valence-electron chi connectivity index (χ0n) is 17.7. The van der Waals surface area contributed by atoms with Crippen LogP contribution in [0.5, 0.6) is 0 Å². The lowest BCUT2D eigenvalue weighted by Gasteiger charge is -2.21. The number of nitrogens with one attached hydrogen (secondary N) is 1. The Kier molecular flexibility index (Phi) is 6.38. The summed E-state index contributed by atoms with van der Waals surface area (Å²) >= 11 is 0.994. The van der Waals surface area contributed by atoms with Gasteiger partial charge in [0.25, 0.3) is 10.0 Å². The average Bonchev–Trinajstić information content (AvgIpc) is 3.41. The molecular formula is C20H21F3N6O2S2. The Morgan fingerprint density at radius 1 is 1.15 bits per heavy atom. The van der Waals surface area contributed by atoms with Crippen molar-refractivity contribution in [1.82, 2.24) is 23.8 Å². The normalized spacial score (nSPS) is 19.7. The third kappa shape index (κ3) is 4.99. The van der Waals surface area contributed by atoms with Crippen molar-refractivity contribution in [2.24, 2.45) is 7.05 Å². The Bertz CT molecular complexity index is 1230. The number of anilines is 1. The molecule has 0 aliphatic carbocycles. The van der Waals surface area contributed by atoms with E-state index in [0.717, 1.165) is 23.4 Å². The number of hydrogen-bond donors (Lipinski definition) is 1. The minimum atomic E-state index is -4.63. The smallest absolute Gasteiger partial charge is 0.365 e. The molecule has 176 valence electrons. The number of benzene rings is 1. The fourth-order valence-corrected chi connectivity index (χ4v) is 5.57. The van der Waals surface area contributed by atoms with E-state index in [2.05, 4.69) is 20.3 Å². The average molecular weight is 499 g/mol. The van der Waals surface area contributed by atoms with E-state index in [-0.39, 0.29) is 35.0 Å². The highest BCUT2D eigenvalue weighted by Crippen LogP contribution is 2.35. The molecule has 4 rings (SSSR count). The van der Waals surface area contributed by atoms with Gasteiger partial charge in [0.1, 0.15) is 5.82 Å². The molecule has 1 aliphatic heterocycles. The summed E-state index contributed by atoms with van der Waals surface area (Å²) in [7, 11) is -2.21. The van der Waals surface area contributed by atoms with Crippen molar-refractivity contribution < 1.29 is 21.6 Å². The van der Waals surface area contributed by atoms with Gasteiger partial charge < -0.3 is 9.88 Å². The van der Waals surface area contributed by atoms with Gasteiger partial charge in [0, 0.05) is 44.4 Å². The Labute approximate surface area is 193 Å². The van der Waals surface area contributed by atoms with E-state index in [1.54, 1.807) is 13.3 Å². The number of hydrogen-bond acceptors (Lipinski definition) is 7. The molecule has 0 radical (unpaired) electrons. The molecule has 33 heavy (non-hydrogen) atoms. The quantitative estimate of drug-likeness (QED) is 0.412. The standard InChI is InChI=1S/C20H21F3N6O2S2/c1-28-11-18(24-12-28)33(30,31)29-9-14(13-6-4-3-5-7-13)15(10-29)25-17-8-16(20(21,22)23)26-19(27-17)32-2/h3-8,11-12,14-15H,9-10H2,1-2H3,(H,25,26,27)/t14-,15+/m1/s1. The molecule has 2 atom stereocenters. The summed E-state index contributed by atoms with van der Waals surface area (Å²) in [5, 5.41) is 2.93.